The van der Waals surface area contributed by atoms with Gasteiger partial charge in [0, 0.05) is 10.0 Å². The smallest absolute Gasteiger partial charge is 0.338 e. The second-order valence-electron chi connectivity index (χ2n) is 4.35. The number of anilines is 1. The van der Waals surface area contributed by atoms with E-state index >= 15 is 0 Å². The number of carbonyl (C=O) groups is 1. The van der Waals surface area contributed by atoms with Crippen LogP contribution in [0.5, 0.6) is 5.75 Å². The summed E-state index contributed by atoms with van der Waals surface area (Å²) in [6, 6.07) is 12.5. The maximum Gasteiger partial charge on any atom is 0.338 e. The van der Waals surface area contributed by atoms with E-state index in [1.807, 2.05) is 31.2 Å². The van der Waals surface area contributed by atoms with Crippen molar-refractivity contribution < 1.29 is 14.3 Å². The molecule has 0 radical (unpaired) electrons. The van der Waals surface area contributed by atoms with Crippen molar-refractivity contribution in [3.05, 3.63) is 58.1 Å². The van der Waals surface area contributed by atoms with E-state index < -0.39 is 5.97 Å². The van der Waals surface area contributed by atoms with Gasteiger partial charge in [-0.05, 0) is 31.2 Å². The van der Waals surface area contributed by atoms with Crippen molar-refractivity contribution in [2.75, 3.05) is 12.3 Å². The summed E-state index contributed by atoms with van der Waals surface area (Å²) in [6.45, 7) is 2.60. The molecule has 0 saturated heterocycles. The van der Waals surface area contributed by atoms with Crippen LogP contribution in [0.1, 0.15) is 22.8 Å². The van der Waals surface area contributed by atoms with Crippen LogP contribution in [-0.2, 0) is 11.3 Å². The maximum absolute atomic E-state index is 12.0. The molecule has 21 heavy (non-hydrogen) atoms. The van der Waals surface area contributed by atoms with Gasteiger partial charge in [-0.15, -0.1) is 0 Å². The normalized spacial score (nSPS) is 10.2. The molecule has 2 rings (SSSR count). The molecule has 0 aliphatic rings. The predicted octanol–water partition coefficient (Wildman–Crippen LogP) is 3.79. The van der Waals surface area contributed by atoms with Crippen LogP contribution in [0.2, 0.25) is 0 Å². The molecule has 0 aromatic heterocycles. The lowest BCUT2D eigenvalue weighted by molar-refractivity contribution is 0.0472. The molecule has 0 aliphatic carbocycles. The van der Waals surface area contributed by atoms with Crippen LogP contribution < -0.4 is 10.5 Å². The molecule has 110 valence electrons. The Morgan fingerprint density at radius 2 is 2.00 bits per heavy atom. The average Bonchev–Trinajstić information content (AvgIpc) is 2.48. The molecular weight excluding hydrogens is 334 g/mol. The van der Waals surface area contributed by atoms with Crippen LogP contribution in [0.4, 0.5) is 5.69 Å². The summed E-state index contributed by atoms with van der Waals surface area (Å²) in [5.74, 6) is 0.153. The molecule has 0 fully saturated rings. The van der Waals surface area contributed by atoms with E-state index in [0.29, 0.717) is 23.6 Å². The van der Waals surface area contributed by atoms with Gasteiger partial charge in [-0.3, -0.25) is 0 Å². The average molecular weight is 350 g/mol. The molecule has 0 bridgehead atoms. The van der Waals surface area contributed by atoms with Crippen molar-refractivity contribution in [3.8, 4) is 5.75 Å². The van der Waals surface area contributed by atoms with Gasteiger partial charge in [-0.1, -0.05) is 34.1 Å². The topological polar surface area (TPSA) is 61.5 Å². The van der Waals surface area contributed by atoms with Crippen LogP contribution in [-0.4, -0.2) is 12.6 Å². The summed E-state index contributed by atoms with van der Waals surface area (Å²) in [5.41, 5.74) is 7.57. The van der Waals surface area contributed by atoms with E-state index in [1.54, 1.807) is 18.2 Å². The van der Waals surface area contributed by atoms with Crippen molar-refractivity contribution in [2.45, 2.75) is 13.5 Å². The molecule has 0 atom stereocenters. The summed E-state index contributed by atoms with van der Waals surface area (Å²) in [4.78, 5) is 12.0. The van der Waals surface area contributed by atoms with E-state index in [1.165, 1.54) is 0 Å². The Labute approximate surface area is 132 Å². The monoisotopic (exact) mass is 349 g/mol. The molecule has 0 unspecified atom stereocenters. The van der Waals surface area contributed by atoms with E-state index in [4.69, 9.17) is 15.2 Å². The minimum Gasteiger partial charge on any atom is -0.492 e. The third kappa shape index (κ3) is 3.98. The SMILES string of the molecule is CCOc1ccc(C(=O)OCc2ccccc2Br)cc1N. The second-order valence-corrected chi connectivity index (χ2v) is 5.21. The molecule has 5 heteroatoms. The number of hydrogen-bond acceptors (Lipinski definition) is 4. The fraction of sp³-hybridized carbons (Fsp3) is 0.188. The first kappa shape index (κ1) is 15.4. The van der Waals surface area contributed by atoms with E-state index in [2.05, 4.69) is 15.9 Å². The molecule has 2 aromatic rings. The first-order valence-corrected chi connectivity index (χ1v) is 7.34. The van der Waals surface area contributed by atoms with Gasteiger partial charge in [0.05, 0.1) is 17.9 Å². The molecule has 2 aromatic carbocycles. The highest BCUT2D eigenvalue weighted by molar-refractivity contribution is 9.10. The highest BCUT2D eigenvalue weighted by atomic mass is 79.9. The van der Waals surface area contributed by atoms with Crippen LogP contribution >= 0.6 is 15.9 Å². The number of esters is 1. The van der Waals surface area contributed by atoms with Gasteiger partial charge < -0.3 is 15.2 Å². The Hall–Kier alpha value is -2.01. The van der Waals surface area contributed by atoms with Gasteiger partial charge in [0.15, 0.2) is 0 Å². The lowest BCUT2D eigenvalue weighted by atomic mass is 10.2. The summed E-state index contributed by atoms with van der Waals surface area (Å²) >= 11 is 3.41. The summed E-state index contributed by atoms with van der Waals surface area (Å²) in [5, 5.41) is 0. The highest BCUT2D eigenvalue weighted by Crippen LogP contribution is 2.23. The van der Waals surface area contributed by atoms with Crippen molar-refractivity contribution >= 4 is 27.6 Å². The molecule has 0 saturated carbocycles. The fourth-order valence-corrected chi connectivity index (χ4v) is 2.20. The van der Waals surface area contributed by atoms with Crippen LogP contribution in [0.15, 0.2) is 46.9 Å². The van der Waals surface area contributed by atoms with E-state index in [0.717, 1.165) is 10.0 Å². The van der Waals surface area contributed by atoms with Crippen LogP contribution in [0, 0.1) is 0 Å². The Bertz CT molecular complexity index is 643. The van der Waals surface area contributed by atoms with E-state index in [-0.39, 0.29) is 6.61 Å². The first-order valence-electron chi connectivity index (χ1n) is 6.54. The zero-order valence-corrected chi connectivity index (χ0v) is 13.2. The van der Waals surface area contributed by atoms with Gasteiger partial charge in [0.1, 0.15) is 12.4 Å². The third-order valence-corrected chi connectivity index (χ3v) is 3.64. The molecule has 0 heterocycles. The second kappa shape index (κ2) is 7.13. The summed E-state index contributed by atoms with van der Waals surface area (Å²) in [7, 11) is 0. The zero-order valence-electron chi connectivity index (χ0n) is 11.6. The standard InChI is InChI=1S/C16H16BrNO3/c1-2-20-15-8-7-11(9-14(15)18)16(19)21-10-12-5-3-4-6-13(12)17/h3-9H,2,10,18H2,1H3. The summed E-state index contributed by atoms with van der Waals surface area (Å²) < 4.78 is 11.5. The molecule has 0 spiro atoms. The molecule has 2 N–H and O–H groups in total. The van der Waals surface area contributed by atoms with Crippen molar-refractivity contribution in [3.63, 3.8) is 0 Å². The van der Waals surface area contributed by atoms with Gasteiger partial charge in [-0.2, -0.15) is 0 Å². The Morgan fingerprint density at radius 3 is 2.67 bits per heavy atom. The first-order chi connectivity index (χ1) is 10.1. The Kier molecular flexibility index (Phi) is 5.22. The highest BCUT2D eigenvalue weighted by Gasteiger charge is 2.11. The number of hydrogen-bond donors (Lipinski definition) is 1. The van der Waals surface area contributed by atoms with Gasteiger partial charge >= 0.3 is 5.97 Å². The molecule has 0 aliphatic heterocycles. The van der Waals surface area contributed by atoms with Gasteiger partial charge in [-0.25, -0.2) is 4.79 Å². The van der Waals surface area contributed by atoms with Crippen LogP contribution in [0.3, 0.4) is 0 Å². The minimum absolute atomic E-state index is 0.202. The fourth-order valence-electron chi connectivity index (χ4n) is 1.80. The predicted molar refractivity (Wildman–Crippen MR) is 85.3 cm³/mol. The molecule has 4 nitrogen and oxygen atoms in total. The number of benzene rings is 2. The van der Waals surface area contributed by atoms with Crippen molar-refractivity contribution in [1.29, 1.82) is 0 Å². The quantitative estimate of drug-likeness (QED) is 0.658. The van der Waals surface area contributed by atoms with Crippen molar-refractivity contribution in [1.82, 2.24) is 0 Å². The number of nitrogen functional groups attached to an aromatic ring is 1. The number of halogens is 1. The minimum atomic E-state index is -0.416. The zero-order chi connectivity index (χ0) is 15.2. The number of carbonyl (C=O) groups excluding carboxylic acids is 1. The lowest BCUT2D eigenvalue weighted by Crippen LogP contribution is -2.07. The number of rotatable bonds is 5. The lowest BCUT2D eigenvalue weighted by Gasteiger charge is -2.09. The number of nitrogens with two attached hydrogens (primary N) is 1. The Morgan fingerprint density at radius 1 is 1.24 bits per heavy atom. The van der Waals surface area contributed by atoms with Gasteiger partial charge in [0.2, 0.25) is 0 Å². The number of ether oxygens (including phenoxy) is 2. The molecule has 0 amide bonds. The maximum atomic E-state index is 12.0. The van der Waals surface area contributed by atoms with E-state index in [9.17, 15) is 4.79 Å². The van der Waals surface area contributed by atoms with Crippen LogP contribution in [0.25, 0.3) is 0 Å². The van der Waals surface area contributed by atoms with Gasteiger partial charge in [0.25, 0.3) is 0 Å². The summed E-state index contributed by atoms with van der Waals surface area (Å²) in [6.07, 6.45) is 0. The van der Waals surface area contributed by atoms with Crippen molar-refractivity contribution in [2.24, 2.45) is 0 Å². The molecular formula is C16H16BrNO3. The third-order valence-electron chi connectivity index (χ3n) is 2.86. The Balaban J connectivity index is 2.04. The largest absolute Gasteiger partial charge is 0.492 e.